The molecule has 0 amide bonds. The van der Waals surface area contributed by atoms with Crippen molar-refractivity contribution in [3.8, 4) is 34.1 Å². The zero-order chi connectivity index (χ0) is 26.9. The Morgan fingerprint density at radius 1 is 0.923 bits per heavy atom. The largest absolute Gasteiger partial charge is 0.508 e. The molecular formula is C32H24O7. The maximum atomic E-state index is 13.5. The fourth-order valence-electron chi connectivity index (χ4n) is 4.94. The summed E-state index contributed by atoms with van der Waals surface area (Å²) in [5.41, 5.74) is 3.59. The van der Waals surface area contributed by atoms with Gasteiger partial charge in [0.2, 0.25) is 5.43 Å². The molecule has 0 aliphatic carbocycles. The molecular weight excluding hydrogens is 496 g/mol. The molecule has 194 valence electrons. The van der Waals surface area contributed by atoms with Crippen molar-refractivity contribution in [1.29, 1.82) is 0 Å². The molecule has 7 nitrogen and oxygen atoms in total. The van der Waals surface area contributed by atoms with Crippen molar-refractivity contribution in [2.24, 2.45) is 0 Å². The minimum Gasteiger partial charge on any atom is -0.508 e. The van der Waals surface area contributed by atoms with Gasteiger partial charge in [-0.3, -0.25) is 9.59 Å². The van der Waals surface area contributed by atoms with Crippen LogP contribution in [0.25, 0.3) is 22.1 Å². The minimum atomic E-state index is -0.426. The van der Waals surface area contributed by atoms with Crippen LogP contribution in [0.15, 0.2) is 100 Å². The van der Waals surface area contributed by atoms with Crippen molar-refractivity contribution >= 4 is 16.9 Å². The van der Waals surface area contributed by atoms with Crippen LogP contribution < -0.4 is 19.6 Å². The predicted octanol–water partition coefficient (Wildman–Crippen LogP) is 6.19. The van der Waals surface area contributed by atoms with Crippen molar-refractivity contribution in [1.82, 2.24) is 0 Å². The summed E-state index contributed by atoms with van der Waals surface area (Å²) in [4.78, 5) is 26.0. The van der Waals surface area contributed by atoms with E-state index in [1.54, 1.807) is 31.4 Å². The van der Waals surface area contributed by atoms with Gasteiger partial charge in [-0.25, -0.2) is 0 Å². The van der Waals surface area contributed by atoms with E-state index in [0.29, 0.717) is 51.5 Å². The Morgan fingerprint density at radius 3 is 2.49 bits per heavy atom. The molecule has 6 rings (SSSR count). The number of hydrogen-bond donors (Lipinski definition) is 1. The number of carbonyl (C=O) groups is 1. The molecule has 0 radical (unpaired) electrons. The quantitative estimate of drug-likeness (QED) is 0.211. The minimum absolute atomic E-state index is 0.0723. The summed E-state index contributed by atoms with van der Waals surface area (Å²) in [5.74, 6) is 0.761. The number of methoxy groups -OCH3 is 1. The van der Waals surface area contributed by atoms with Crippen LogP contribution in [-0.4, -0.2) is 18.2 Å². The monoisotopic (exact) mass is 520 g/mol. The lowest BCUT2D eigenvalue weighted by atomic mass is 9.85. The molecule has 0 fully saturated rings. The van der Waals surface area contributed by atoms with Gasteiger partial charge >= 0.3 is 5.97 Å². The number of aromatic hydroxyl groups is 1. The standard InChI is InChI=1S/C32H24O7/c1-36-28-15-21(9-13-26(28)37-17-19-5-3-2-4-6-19)24-16-29(34)39-27-14-12-23-31(35)25(18-38-32(23)30(24)27)20-7-10-22(33)11-8-20/h2-15,18,24,33H,16-17H2,1H3. The van der Waals surface area contributed by atoms with E-state index in [4.69, 9.17) is 18.6 Å². The summed E-state index contributed by atoms with van der Waals surface area (Å²) in [6.07, 6.45) is 1.48. The van der Waals surface area contributed by atoms with Gasteiger partial charge < -0.3 is 23.7 Å². The molecule has 39 heavy (non-hydrogen) atoms. The van der Waals surface area contributed by atoms with E-state index in [9.17, 15) is 14.7 Å². The number of rotatable bonds is 6. The number of fused-ring (bicyclic) bond motifs is 3. The highest BCUT2D eigenvalue weighted by Crippen LogP contribution is 2.44. The normalized spacial score (nSPS) is 14.5. The van der Waals surface area contributed by atoms with Gasteiger partial charge in [-0.2, -0.15) is 0 Å². The molecule has 1 aromatic heterocycles. The fraction of sp³-hybridized carbons (Fsp3) is 0.125. The van der Waals surface area contributed by atoms with Crippen LogP contribution in [0.1, 0.15) is 29.0 Å². The smallest absolute Gasteiger partial charge is 0.312 e. The lowest BCUT2D eigenvalue weighted by Gasteiger charge is -2.26. The molecule has 1 aliphatic rings. The van der Waals surface area contributed by atoms with Crippen molar-refractivity contribution < 1.29 is 28.5 Å². The molecule has 1 N–H and O–H groups in total. The molecule has 1 aliphatic heterocycles. The Bertz CT molecular complexity index is 1740. The fourth-order valence-corrected chi connectivity index (χ4v) is 4.94. The molecule has 0 saturated heterocycles. The zero-order valence-electron chi connectivity index (χ0n) is 21.0. The van der Waals surface area contributed by atoms with Gasteiger partial charge in [0.1, 0.15) is 30.0 Å². The third kappa shape index (κ3) is 4.59. The first-order valence-electron chi connectivity index (χ1n) is 12.4. The first-order chi connectivity index (χ1) is 19.0. The maximum absolute atomic E-state index is 13.5. The summed E-state index contributed by atoms with van der Waals surface area (Å²) in [6.45, 7) is 0.383. The summed E-state index contributed by atoms with van der Waals surface area (Å²) >= 11 is 0. The van der Waals surface area contributed by atoms with E-state index in [1.165, 1.54) is 18.4 Å². The van der Waals surface area contributed by atoms with Gasteiger partial charge in [0.15, 0.2) is 11.5 Å². The molecule has 1 atom stereocenters. The van der Waals surface area contributed by atoms with E-state index in [1.807, 2.05) is 48.5 Å². The number of ether oxygens (including phenoxy) is 3. The first kappa shape index (κ1) is 24.3. The SMILES string of the molecule is COc1cc(C2CC(=O)Oc3ccc4c(=O)c(-c5ccc(O)cc5)coc4c32)ccc1OCc1ccccc1. The predicted molar refractivity (Wildman–Crippen MR) is 145 cm³/mol. The number of phenols is 1. The van der Waals surface area contributed by atoms with E-state index in [-0.39, 0.29) is 23.6 Å². The molecule has 0 spiro atoms. The van der Waals surface area contributed by atoms with Crippen LogP contribution in [0.4, 0.5) is 0 Å². The number of benzene rings is 4. The molecule has 4 aromatic carbocycles. The highest BCUT2D eigenvalue weighted by atomic mass is 16.5. The Kier molecular flexibility index (Phi) is 6.25. The van der Waals surface area contributed by atoms with Gasteiger partial charge in [-0.05, 0) is 53.1 Å². The van der Waals surface area contributed by atoms with Gasteiger partial charge in [-0.15, -0.1) is 0 Å². The maximum Gasteiger partial charge on any atom is 0.312 e. The second-order valence-electron chi connectivity index (χ2n) is 9.29. The van der Waals surface area contributed by atoms with Crippen LogP contribution in [-0.2, 0) is 11.4 Å². The summed E-state index contributed by atoms with van der Waals surface area (Å²) < 4.78 is 23.2. The van der Waals surface area contributed by atoms with Crippen LogP contribution >= 0.6 is 0 Å². The molecule has 2 heterocycles. The number of hydrogen-bond acceptors (Lipinski definition) is 7. The molecule has 1 unspecified atom stereocenters. The van der Waals surface area contributed by atoms with E-state index in [0.717, 1.165) is 11.1 Å². The van der Waals surface area contributed by atoms with Gasteiger partial charge in [0.05, 0.1) is 24.5 Å². The Hall–Kier alpha value is -5.04. The second kappa shape index (κ2) is 10.0. The van der Waals surface area contributed by atoms with Crippen LogP contribution in [0.3, 0.4) is 0 Å². The Labute approximate surface area is 223 Å². The number of phenolic OH excluding ortho intramolecular Hbond substituents is 1. The lowest BCUT2D eigenvalue weighted by molar-refractivity contribution is -0.135. The van der Waals surface area contributed by atoms with Crippen LogP contribution in [0, 0.1) is 0 Å². The topological polar surface area (TPSA) is 95.2 Å². The van der Waals surface area contributed by atoms with Crippen LogP contribution in [0.5, 0.6) is 23.0 Å². The van der Waals surface area contributed by atoms with Gasteiger partial charge in [-0.1, -0.05) is 48.5 Å². The van der Waals surface area contributed by atoms with Crippen LogP contribution in [0.2, 0.25) is 0 Å². The van der Waals surface area contributed by atoms with Crippen molar-refractivity contribution in [2.75, 3.05) is 7.11 Å². The summed E-state index contributed by atoms with van der Waals surface area (Å²) in [6, 6.07) is 25.0. The average Bonchev–Trinajstić information content (AvgIpc) is 2.96. The summed E-state index contributed by atoms with van der Waals surface area (Å²) in [7, 11) is 1.57. The van der Waals surface area contributed by atoms with E-state index < -0.39 is 5.92 Å². The molecule has 0 saturated carbocycles. The lowest BCUT2D eigenvalue weighted by Crippen LogP contribution is -2.22. The van der Waals surface area contributed by atoms with Crippen molar-refractivity contribution in [3.05, 3.63) is 118 Å². The van der Waals surface area contributed by atoms with E-state index in [2.05, 4.69) is 0 Å². The molecule has 0 bridgehead atoms. The Morgan fingerprint density at radius 2 is 1.72 bits per heavy atom. The highest BCUT2D eigenvalue weighted by molar-refractivity contribution is 5.90. The molecule has 7 heteroatoms. The first-order valence-corrected chi connectivity index (χ1v) is 12.4. The number of carbonyl (C=O) groups excluding carboxylic acids is 1. The summed E-state index contributed by atoms with van der Waals surface area (Å²) in [5, 5.41) is 9.99. The van der Waals surface area contributed by atoms with Gasteiger partial charge in [0, 0.05) is 11.5 Å². The van der Waals surface area contributed by atoms with Crippen molar-refractivity contribution in [3.63, 3.8) is 0 Å². The number of esters is 1. The molecule has 5 aromatic rings. The highest BCUT2D eigenvalue weighted by Gasteiger charge is 2.32. The second-order valence-corrected chi connectivity index (χ2v) is 9.29. The van der Waals surface area contributed by atoms with Crippen molar-refractivity contribution in [2.45, 2.75) is 18.9 Å². The third-order valence-electron chi connectivity index (χ3n) is 6.89. The van der Waals surface area contributed by atoms with E-state index >= 15 is 0 Å². The zero-order valence-corrected chi connectivity index (χ0v) is 21.0. The Balaban J connectivity index is 1.41. The van der Waals surface area contributed by atoms with Gasteiger partial charge in [0.25, 0.3) is 0 Å². The third-order valence-corrected chi connectivity index (χ3v) is 6.89. The average molecular weight is 521 g/mol.